The van der Waals surface area contributed by atoms with Gasteiger partial charge in [0.2, 0.25) is 0 Å². The zero-order valence-corrected chi connectivity index (χ0v) is 10.6. The molecule has 86 valence electrons. The van der Waals surface area contributed by atoms with Crippen molar-refractivity contribution in [2.45, 2.75) is 18.2 Å². The fourth-order valence-corrected chi connectivity index (χ4v) is 2.18. The first-order valence-electron chi connectivity index (χ1n) is 4.87. The predicted molar refractivity (Wildman–Crippen MR) is 68.6 cm³/mol. The van der Waals surface area contributed by atoms with Crippen molar-refractivity contribution in [3.63, 3.8) is 0 Å². The molecule has 0 amide bonds. The maximum absolute atomic E-state index is 10.9. The van der Waals surface area contributed by atoms with E-state index in [4.69, 9.17) is 16.7 Å². The van der Waals surface area contributed by atoms with E-state index in [-0.39, 0.29) is 10.6 Å². The summed E-state index contributed by atoms with van der Waals surface area (Å²) >= 11 is 7.35. The van der Waals surface area contributed by atoms with Gasteiger partial charge in [-0.3, -0.25) is 0 Å². The third-order valence-electron chi connectivity index (χ3n) is 2.11. The molecule has 0 bridgehead atoms. The summed E-state index contributed by atoms with van der Waals surface area (Å²) < 4.78 is 0. The first-order valence-corrected chi connectivity index (χ1v) is 6.23. The Bertz CT molecular complexity index is 415. The lowest BCUT2D eigenvalue weighted by molar-refractivity contribution is 0.0697. The Morgan fingerprint density at radius 1 is 1.56 bits per heavy atom. The summed E-state index contributed by atoms with van der Waals surface area (Å²) in [4.78, 5) is 11.8. The third-order valence-corrected chi connectivity index (χ3v) is 3.58. The van der Waals surface area contributed by atoms with Crippen LogP contribution in [0.15, 0.2) is 35.2 Å². The monoisotopic (exact) mass is 256 g/mol. The van der Waals surface area contributed by atoms with Crippen LogP contribution in [0, 0.1) is 0 Å². The average molecular weight is 257 g/mol. The standard InChI is InChI=1S/C12H13ClO2S/c1-3-8(2)7-16-9-4-5-11(13)10(6-9)12(14)15/h4-6H,2-3,7H2,1H3,(H,14,15). The number of carboxylic acid groups (broad SMARTS) is 1. The van der Waals surface area contributed by atoms with Crippen molar-refractivity contribution in [2.24, 2.45) is 0 Å². The molecule has 0 aliphatic carbocycles. The summed E-state index contributed by atoms with van der Waals surface area (Å²) in [7, 11) is 0. The molecule has 0 radical (unpaired) electrons. The molecular weight excluding hydrogens is 244 g/mol. The molecule has 1 aromatic rings. The lowest BCUT2D eigenvalue weighted by Crippen LogP contribution is -1.97. The molecule has 4 heteroatoms. The highest BCUT2D eigenvalue weighted by molar-refractivity contribution is 7.99. The molecule has 0 atom stereocenters. The summed E-state index contributed by atoms with van der Waals surface area (Å²) in [5, 5.41) is 9.17. The van der Waals surface area contributed by atoms with E-state index in [0.29, 0.717) is 0 Å². The third kappa shape index (κ3) is 3.58. The van der Waals surface area contributed by atoms with Gasteiger partial charge >= 0.3 is 5.97 Å². The van der Waals surface area contributed by atoms with Crippen LogP contribution in [0.4, 0.5) is 0 Å². The molecule has 0 saturated carbocycles. The summed E-state index contributed by atoms with van der Waals surface area (Å²) in [6.45, 7) is 5.95. The quantitative estimate of drug-likeness (QED) is 0.637. The zero-order valence-electron chi connectivity index (χ0n) is 9.00. The Morgan fingerprint density at radius 3 is 2.81 bits per heavy atom. The van der Waals surface area contributed by atoms with Gasteiger partial charge in [0.1, 0.15) is 0 Å². The number of carboxylic acids is 1. The van der Waals surface area contributed by atoms with Crippen LogP contribution in [-0.4, -0.2) is 16.8 Å². The second kappa shape index (κ2) is 5.97. The second-order valence-corrected chi connectivity index (χ2v) is 4.79. The summed E-state index contributed by atoms with van der Waals surface area (Å²) in [5.74, 6) is -0.196. The molecule has 0 aliphatic heterocycles. The van der Waals surface area contributed by atoms with Crippen LogP contribution in [0.2, 0.25) is 5.02 Å². The summed E-state index contributed by atoms with van der Waals surface area (Å²) in [6.07, 6.45) is 0.937. The number of halogens is 1. The minimum absolute atomic E-state index is 0.147. The van der Waals surface area contributed by atoms with E-state index in [9.17, 15) is 4.79 Å². The highest BCUT2D eigenvalue weighted by Crippen LogP contribution is 2.26. The maximum Gasteiger partial charge on any atom is 0.337 e. The zero-order chi connectivity index (χ0) is 12.1. The van der Waals surface area contributed by atoms with Crippen molar-refractivity contribution < 1.29 is 9.90 Å². The van der Waals surface area contributed by atoms with Gasteiger partial charge in [-0.2, -0.15) is 0 Å². The number of carbonyl (C=O) groups is 1. The molecule has 0 saturated heterocycles. The van der Waals surface area contributed by atoms with Gasteiger partial charge in [0.05, 0.1) is 10.6 Å². The Balaban J connectivity index is 2.79. The molecule has 2 nitrogen and oxygen atoms in total. The van der Waals surface area contributed by atoms with Crippen molar-refractivity contribution in [2.75, 3.05) is 5.75 Å². The maximum atomic E-state index is 10.9. The number of hydrogen-bond donors (Lipinski definition) is 1. The topological polar surface area (TPSA) is 37.3 Å². The van der Waals surface area contributed by atoms with Gasteiger partial charge in [0, 0.05) is 10.6 Å². The van der Waals surface area contributed by atoms with Gasteiger partial charge in [-0.25, -0.2) is 4.79 Å². The van der Waals surface area contributed by atoms with Gasteiger partial charge in [-0.05, 0) is 24.6 Å². The first kappa shape index (κ1) is 13.1. The number of rotatable bonds is 5. The number of hydrogen-bond acceptors (Lipinski definition) is 2. The molecule has 0 heterocycles. The SMILES string of the molecule is C=C(CC)CSc1ccc(Cl)c(C(=O)O)c1. The Hall–Kier alpha value is -0.930. The van der Waals surface area contributed by atoms with E-state index in [0.717, 1.165) is 22.6 Å². The predicted octanol–water partition coefficient (Wildman–Crippen LogP) is 4.10. The van der Waals surface area contributed by atoms with Crippen LogP contribution in [0.1, 0.15) is 23.7 Å². The van der Waals surface area contributed by atoms with Crippen LogP contribution >= 0.6 is 23.4 Å². The summed E-state index contributed by atoms with van der Waals surface area (Å²) in [5.41, 5.74) is 1.28. The van der Waals surface area contributed by atoms with Gasteiger partial charge < -0.3 is 5.11 Å². The van der Waals surface area contributed by atoms with Gasteiger partial charge in [-0.15, -0.1) is 11.8 Å². The second-order valence-electron chi connectivity index (χ2n) is 3.34. The molecule has 0 aliphatic rings. The highest BCUT2D eigenvalue weighted by atomic mass is 35.5. The van der Waals surface area contributed by atoms with Crippen molar-refractivity contribution >= 4 is 29.3 Å². The molecule has 0 spiro atoms. The lowest BCUT2D eigenvalue weighted by Gasteiger charge is -2.05. The highest BCUT2D eigenvalue weighted by Gasteiger charge is 2.09. The van der Waals surface area contributed by atoms with Crippen LogP contribution < -0.4 is 0 Å². The van der Waals surface area contributed by atoms with E-state index in [1.807, 2.05) is 13.0 Å². The molecule has 1 N–H and O–H groups in total. The van der Waals surface area contributed by atoms with E-state index >= 15 is 0 Å². The molecule has 1 aromatic carbocycles. The van der Waals surface area contributed by atoms with Crippen LogP contribution in [-0.2, 0) is 0 Å². The normalized spacial score (nSPS) is 10.1. The number of thioether (sulfide) groups is 1. The molecule has 0 unspecified atom stereocenters. The fourth-order valence-electron chi connectivity index (χ4n) is 1.05. The van der Waals surface area contributed by atoms with Gasteiger partial charge in [-0.1, -0.05) is 30.7 Å². The minimum Gasteiger partial charge on any atom is -0.478 e. The fraction of sp³-hybridized carbons (Fsp3) is 0.250. The Labute approximate surface area is 104 Å². The van der Waals surface area contributed by atoms with E-state index in [2.05, 4.69) is 6.58 Å². The van der Waals surface area contributed by atoms with E-state index in [1.54, 1.807) is 23.9 Å². The average Bonchev–Trinajstić information content (AvgIpc) is 2.27. The van der Waals surface area contributed by atoms with E-state index < -0.39 is 5.97 Å². The van der Waals surface area contributed by atoms with Crippen molar-refractivity contribution in [1.29, 1.82) is 0 Å². The smallest absolute Gasteiger partial charge is 0.337 e. The Kier molecular flexibility index (Phi) is 4.90. The molecular formula is C12H13ClO2S. The Morgan fingerprint density at radius 2 is 2.25 bits per heavy atom. The minimum atomic E-state index is -0.998. The number of benzene rings is 1. The van der Waals surface area contributed by atoms with Crippen LogP contribution in [0.25, 0.3) is 0 Å². The van der Waals surface area contributed by atoms with Gasteiger partial charge in [0.15, 0.2) is 0 Å². The van der Waals surface area contributed by atoms with E-state index in [1.165, 1.54) is 0 Å². The number of aromatic carboxylic acids is 1. The van der Waals surface area contributed by atoms with Gasteiger partial charge in [0.25, 0.3) is 0 Å². The molecule has 0 aromatic heterocycles. The van der Waals surface area contributed by atoms with Crippen molar-refractivity contribution in [3.05, 3.63) is 40.9 Å². The largest absolute Gasteiger partial charge is 0.478 e. The first-order chi connectivity index (χ1) is 7.54. The summed E-state index contributed by atoms with van der Waals surface area (Å²) in [6, 6.07) is 5.03. The van der Waals surface area contributed by atoms with Crippen molar-refractivity contribution in [3.8, 4) is 0 Å². The molecule has 1 rings (SSSR count). The molecule has 0 fully saturated rings. The van der Waals surface area contributed by atoms with Crippen LogP contribution in [0.3, 0.4) is 0 Å². The van der Waals surface area contributed by atoms with Crippen LogP contribution in [0.5, 0.6) is 0 Å². The molecule has 16 heavy (non-hydrogen) atoms. The van der Waals surface area contributed by atoms with Crippen molar-refractivity contribution in [1.82, 2.24) is 0 Å². The lowest BCUT2D eigenvalue weighted by atomic mass is 10.2.